The van der Waals surface area contributed by atoms with Crippen LogP contribution in [0.15, 0.2) is 48.5 Å². The summed E-state index contributed by atoms with van der Waals surface area (Å²) < 4.78 is 14.3. The van der Waals surface area contributed by atoms with Crippen LogP contribution in [0.2, 0.25) is 0 Å². The van der Waals surface area contributed by atoms with Gasteiger partial charge in [-0.2, -0.15) is 0 Å². The fraction of sp³-hybridized carbons (Fsp3) is 0.0556. The zero-order valence-corrected chi connectivity index (χ0v) is 12.9. The fourth-order valence-corrected chi connectivity index (χ4v) is 2.61. The van der Waals surface area contributed by atoms with E-state index in [0.717, 1.165) is 11.1 Å². The van der Waals surface area contributed by atoms with Crippen molar-refractivity contribution in [1.82, 2.24) is 10.3 Å². The maximum atomic E-state index is 14.3. The number of carbonyl (C=O) groups is 1. The number of nitrogens with zero attached hydrogens (tertiary/aromatic N) is 1. The number of hydrogen-bond donors (Lipinski definition) is 3. The lowest BCUT2D eigenvalue weighted by atomic mass is 10.0. The quantitative estimate of drug-likeness (QED) is 0.500. The van der Waals surface area contributed by atoms with Crippen LogP contribution in [0.3, 0.4) is 0 Å². The van der Waals surface area contributed by atoms with Crippen LogP contribution in [-0.4, -0.2) is 16.9 Å². The molecule has 0 saturated carbocycles. The molecule has 0 spiro atoms. The number of halogens is 1. The van der Waals surface area contributed by atoms with E-state index in [1.807, 2.05) is 31.2 Å². The lowest BCUT2D eigenvalue weighted by Crippen LogP contribution is -2.35. The lowest BCUT2D eigenvalue weighted by molar-refractivity contribution is 0.0978. The van der Waals surface area contributed by atoms with E-state index in [-0.39, 0.29) is 10.9 Å². The Hall–Kier alpha value is -3.28. The summed E-state index contributed by atoms with van der Waals surface area (Å²) in [4.78, 5) is 16.8. The monoisotopic (exact) mass is 322 g/mol. The number of guanidine groups is 1. The molecule has 0 saturated heterocycles. The summed E-state index contributed by atoms with van der Waals surface area (Å²) in [6.45, 7) is 1.93. The summed E-state index contributed by atoms with van der Waals surface area (Å²) in [5.74, 6) is -1.70. The van der Waals surface area contributed by atoms with Crippen LogP contribution in [0.4, 0.5) is 4.39 Å². The maximum Gasteiger partial charge on any atom is 0.258 e. The third-order valence-corrected chi connectivity index (χ3v) is 3.70. The molecule has 5 nitrogen and oxygen atoms in total. The molecule has 3 rings (SSSR count). The van der Waals surface area contributed by atoms with Crippen LogP contribution in [0.25, 0.3) is 22.2 Å². The van der Waals surface area contributed by atoms with Crippen molar-refractivity contribution in [1.29, 1.82) is 5.41 Å². The molecular formula is C18H15FN4O. The van der Waals surface area contributed by atoms with Gasteiger partial charge in [0.1, 0.15) is 5.82 Å². The van der Waals surface area contributed by atoms with Gasteiger partial charge in [0.2, 0.25) is 0 Å². The van der Waals surface area contributed by atoms with Gasteiger partial charge in [-0.1, -0.05) is 30.3 Å². The van der Waals surface area contributed by atoms with Crippen LogP contribution < -0.4 is 11.1 Å². The van der Waals surface area contributed by atoms with Crippen molar-refractivity contribution >= 4 is 22.8 Å². The number of nitrogens with one attached hydrogen (secondary N) is 2. The highest BCUT2D eigenvalue weighted by atomic mass is 19.1. The standard InChI is InChI=1S/C18H15FN4O/c1-10-5-2-3-6-11(10)15-9-12(17(24)23-18(20)21)16-13(19)7-4-8-14(16)22-15/h2-9H,1H3,(H4,20,21,23,24). The average Bonchev–Trinajstić information content (AvgIpc) is 2.54. The number of fused-ring (bicyclic) bond motifs is 1. The second-order valence-corrected chi connectivity index (χ2v) is 5.37. The molecule has 1 amide bonds. The average molecular weight is 322 g/mol. The minimum Gasteiger partial charge on any atom is -0.370 e. The van der Waals surface area contributed by atoms with Gasteiger partial charge in [0, 0.05) is 10.9 Å². The number of carbonyl (C=O) groups excluding carboxylic acids is 1. The Morgan fingerprint density at radius 3 is 2.67 bits per heavy atom. The van der Waals surface area contributed by atoms with E-state index in [9.17, 15) is 9.18 Å². The first-order chi connectivity index (χ1) is 11.5. The molecule has 1 heterocycles. The molecule has 0 unspecified atom stereocenters. The van der Waals surface area contributed by atoms with Crippen LogP contribution >= 0.6 is 0 Å². The second-order valence-electron chi connectivity index (χ2n) is 5.37. The lowest BCUT2D eigenvalue weighted by Gasteiger charge is -2.11. The number of aromatic nitrogens is 1. The first-order valence-corrected chi connectivity index (χ1v) is 7.28. The van der Waals surface area contributed by atoms with E-state index in [2.05, 4.69) is 10.3 Å². The first kappa shape index (κ1) is 15.6. The zero-order valence-electron chi connectivity index (χ0n) is 12.9. The van der Waals surface area contributed by atoms with Gasteiger partial charge in [-0.15, -0.1) is 0 Å². The van der Waals surface area contributed by atoms with Gasteiger partial charge >= 0.3 is 0 Å². The van der Waals surface area contributed by atoms with Crippen molar-refractivity contribution in [2.24, 2.45) is 5.73 Å². The summed E-state index contributed by atoms with van der Waals surface area (Å²) in [6.07, 6.45) is 0. The molecule has 3 aromatic rings. The molecule has 0 aliphatic heterocycles. The molecule has 0 atom stereocenters. The fourth-order valence-electron chi connectivity index (χ4n) is 2.61. The van der Waals surface area contributed by atoms with E-state index in [4.69, 9.17) is 11.1 Å². The van der Waals surface area contributed by atoms with Gasteiger partial charge in [-0.05, 0) is 30.7 Å². The van der Waals surface area contributed by atoms with Gasteiger partial charge < -0.3 is 5.73 Å². The first-order valence-electron chi connectivity index (χ1n) is 7.28. The molecule has 0 bridgehead atoms. The molecular weight excluding hydrogens is 307 g/mol. The third-order valence-electron chi connectivity index (χ3n) is 3.70. The summed E-state index contributed by atoms with van der Waals surface area (Å²) in [5.41, 5.74) is 8.07. The molecule has 0 aliphatic carbocycles. The van der Waals surface area contributed by atoms with Gasteiger partial charge in [0.25, 0.3) is 5.91 Å². The topological polar surface area (TPSA) is 91.9 Å². The summed E-state index contributed by atoms with van der Waals surface area (Å²) >= 11 is 0. The maximum absolute atomic E-state index is 14.3. The Bertz CT molecular complexity index is 968. The van der Waals surface area contributed by atoms with Gasteiger partial charge in [-0.25, -0.2) is 9.37 Å². The number of hydrogen-bond acceptors (Lipinski definition) is 3. The molecule has 2 aromatic carbocycles. The van der Waals surface area contributed by atoms with Crippen LogP contribution in [0.5, 0.6) is 0 Å². The van der Waals surface area contributed by atoms with Gasteiger partial charge in [0.05, 0.1) is 16.8 Å². The van der Waals surface area contributed by atoms with E-state index in [1.165, 1.54) is 12.1 Å². The van der Waals surface area contributed by atoms with Crippen molar-refractivity contribution in [3.63, 3.8) is 0 Å². The molecule has 0 aliphatic rings. The van der Waals surface area contributed by atoms with Gasteiger partial charge in [0.15, 0.2) is 5.96 Å². The molecule has 0 fully saturated rings. The molecule has 120 valence electrons. The van der Waals surface area contributed by atoms with Gasteiger partial charge in [-0.3, -0.25) is 15.5 Å². The Labute approximate surface area is 137 Å². The Morgan fingerprint density at radius 1 is 1.21 bits per heavy atom. The molecule has 4 N–H and O–H groups in total. The highest BCUT2D eigenvalue weighted by Gasteiger charge is 2.17. The Morgan fingerprint density at radius 2 is 1.96 bits per heavy atom. The molecule has 6 heteroatoms. The SMILES string of the molecule is Cc1ccccc1-c1cc(C(=O)NC(=N)N)c2c(F)cccc2n1. The number of benzene rings is 2. The normalized spacial score (nSPS) is 10.6. The Kier molecular flexibility index (Phi) is 3.95. The number of rotatable bonds is 2. The van der Waals surface area contributed by atoms with E-state index >= 15 is 0 Å². The van der Waals surface area contributed by atoms with Crippen molar-refractivity contribution in [3.8, 4) is 11.3 Å². The molecule has 24 heavy (non-hydrogen) atoms. The van der Waals surface area contributed by atoms with E-state index in [0.29, 0.717) is 11.2 Å². The smallest absolute Gasteiger partial charge is 0.258 e. The van der Waals surface area contributed by atoms with Crippen LogP contribution in [-0.2, 0) is 0 Å². The zero-order chi connectivity index (χ0) is 17.3. The minimum atomic E-state index is -0.644. The predicted molar refractivity (Wildman–Crippen MR) is 91.3 cm³/mol. The minimum absolute atomic E-state index is 0.0894. The Balaban J connectivity index is 2.29. The second kappa shape index (κ2) is 6.08. The number of nitrogens with two attached hydrogens (primary N) is 1. The van der Waals surface area contributed by atoms with Crippen LogP contribution in [0, 0.1) is 18.2 Å². The molecule has 0 radical (unpaired) electrons. The van der Waals surface area contributed by atoms with E-state index in [1.54, 1.807) is 12.1 Å². The predicted octanol–water partition coefficient (Wildman–Crippen LogP) is 2.97. The van der Waals surface area contributed by atoms with Crippen molar-refractivity contribution < 1.29 is 9.18 Å². The van der Waals surface area contributed by atoms with Crippen molar-refractivity contribution in [2.45, 2.75) is 6.92 Å². The highest BCUT2D eigenvalue weighted by molar-refractivity contribution is 6.12. The summed E-state index contributed by atoms with van der Waals surface area (Å²) in [5, 5.41) is 9.53. The van der Waals surface area contributed by atoms with E-state index < -0.39 is 17.7 Å². The number of aryl methyl sites for hydroxylation is 1. The van der Waals surface area contributed by atoms with Crippen molar-refractivity contribution in [2.75, 3.05) is 0 Å². The number of pyridine rings is 1. The number of amides is 1. The van der Waals surface area contributed by atoms with Crippen molar-refractivity contribution in [3.05, 3.63) is 65.5 Å². The highest BCUT2D eigenvalue weighted by Crippen LogP contribution is 2.28. The molecule has 1 aromatic heterocycles. The van der Waals surface area contributed by atoms with Crippen LogP contribution in [0.1, 0.15) is 15.9 Å². The summed E-state index contributed by atoms with van der Waals surface area (Å²) in [7, 11) is 0. The largest absolute Gasteiger partial charge is 0.370 e. The third kappa shape index (κ3) is 2.81. The summed E-state index contributed by atoms with van der Waals surface area (Å²) in [6, 6.07) is 13.6.